The molecule has 20 heavy (non-hydrogen) atoms. The lowest BCUT2D eigenvalue weighted by molar-refractivity contribution is -0.127. The van der Waals surface area contributed by atoms with Crippen molar-refractivity contribution in [2.45, 2.75) is 19.6 Å². The second-order valence-electron chi connectivity index (χ2n) is 4.29. The normalized spacial score (nSPS) is 11.7. The van der Waals surface area contributed by atoms with E-state index in [4.69, 9.17) is 4.74 Å². The molecule has 1 atom stereocenters. The highest BCUT2D eigenvalue weighted by Gasteiger charge is 2.14. The number of pyridine rings is 1. The van der Waals surface area contributed by atoms with Crippen LogP contribution in [0.25, 0.3) is 0 Å². The van der Waals surface area contributed by atoms with Gasteiger partial charge in [0.15, 0.2) is 6.10 Å². The molecule has 5 heteroatoms. The summed E-state index contributed by atoms with van der Waals surface area (Å²) in [5, 5.41) is 2.75. The second kappa shape index (κ2) is 6.65. The topological polar surface area (TPSA) is 51.2 Å². The molecule has 1 N–H and O–H groups in total. The molecule has 0 aliphatic rings. The average molecular weight is 274 g/mol. The zero-order valence-corrected chi connectivity index (χ0v) is 11.0. The number of carbonyl (C=O) groups is 1. The van der Waals surface area contributed by atoms with Gasteiger partial charge in [0, 0.05) is 18.9 Å². The highest BCUT2D eigenvalue weighted by molar-refractivity contribution is 5.80. The number of hydrogen-bond donors (Lipinski definition) is 1. The molecule has 0 saturated carbocycles. The summed E-state index contributed by atoms with van der Waals surface area (Å²) in [4.78, 5) is 15.8. The van der Waals surface area contributed by atoms with E-state index in [1.165, 1.54) is 24.3 Å². The first kappa shape index (κ1) is 14.0. The van der Waals surface area contributed by atoms with Crippen molar-refractivity contribution in [2.75, 3.05) is 0 Å². The van der Waals surface area contributed by atoms with Crippen molar-refractivity contribution < 1.29 is 13.9 Å². The molecule has 0 fully saturated rings. The van der Waals surface area contributed by atoms with Crippen molar-refractivity contribution in [2.24, 2.45) is 0 Å². The second-order valence-corrected chi connectivity index (χ2v) is 4.29. The molecule has 0 spiro atoms. The number of benzene rings is 1. The van der Waals surface area contributed by atoms with Gasteiger partial charge in [-0.1, -0.05) is 6.07 Å². The van der Waals surface area contributed by atoms with Crippen LogP contribution in [0.4, 0.5) is 4.39 Å². The maximum absolute atomic E-state index is 12.8. The summed E-state index contributed by atoms with van der Waals surface area (Å²) in [6, 6.07) is 9.23. The van der Waals surface area contributed by atoms with Gasteiger partial charge in [0.1, 0.15) is 11.6 Å². The van der Waals surface area contributed by atoms with Crippen LogP contribution >= 0.6 is 0 Å². The maximum Gasteiger partial charge on any atom is 0.261 e. The van der Waals surface area contributed by atoms with Crippen LogP contribution in [0.2, 0.25) is 0 Å². The fraction of sp³-hybridized carbons (Fsp3) is 0.200. The van der Waals surface area contributed by atoms with Gasteiger partial charge in [0.2, 0.25) is 0 Å². The van der Waals surface area contributed by atoms with E-state index in [0.717, 1.165) is 5.56 Å². The van der Waals surface area contributed by atoms with E-state index in [2.05, 4.69) is 10.3 Å². The van der Waals surface area contributed by atoms with Crippen LogP contribution < -0.4 is 10.1 Å². The quantitative estimate of drug-likeness (QED) is 0.910. The molecule has 1 aromatic heterocycles. The van der Waals surface area contributed by atoms with Crippen molar-refractivity contribution in [1.82, 2.24) is 10.3 Å². The molecular formula is C15H15FN2O2. The zero-order chi connectivity index (χ0) is 14.4. The van der Waals surface area contributed by atoms with Crippen LogP contribution in [0, 0.1) is 5.82 Å². The lowest BCUT2D eigenvalue weighted by Crippen LogP contribution is -2.35. The largest absolute Gasteiger partial charge is 0.481 e. The van der Waals surface area contributed by atoms with Gasteiger partial charge >= 0.3 is 0 Å². The lowest BCUT2D eigenvalue weighted by atomic mass is 10.2. The molecule has 0 aliphatic heterocycles. The van der Waals surface area contributed by atoms with E-state index >= 15 is 0 Å². The Balaban J connectivity index is 1.84. The number of halogens is 1. The number of hydrogen-bond acceptors (Lipinski definition) is 3. The molecule has 104 valence electrons. The minimum absolute atomic E-state index is 0.238. The fourth-order valence-electron chi connectivity index (χ4n) is 1.61. The number of aromatic nitrogens is 1. The van der Waals surface area contributed by atoms with Gasteiger partial charge < -0.3 is 10.1 Å². The zero-order valence-electron chi connectivity index (χ0n) is 11.0. The van der Waals surface area contributed by atoms with Crippen molar-refractivity contribution in [3.8, 4) is 5.75 Å². The van der Waals surface area contributed by atoms with E-state index in [1.807, 2.05) is 6.07 Å². The van der Waals surface area contributed by atoms with Crippen molar-refractivity contribution in [1.29, 1.82) is 0 Å². The van der Waals surface area contributed by atoms with Crippen LogP contribution in [0.3, 0.4) is 0 Å². The first-order valence-electron chi connectivity index (χ1n) is 6.24. The first-order valence-corrected chi connectivity index (χ1v) is 6.24. The Hall–Kier alpha value is -2.43. The van der Waals surface area contributed by atoms with Gasteiger partial charge in [0.25, 0.3) is 5.91 Å². The number of nitrogens with one attached hydrogen (secondary N) is 1. The number of amides is 1. The van der Waals surface area contributed by atoms with Crippen LogP contribution in [-0.2, 0) is 11.3 Å². The molecule has 0 aliphatic carbocycles. The SMILES string of the molecule is CC(Oc1ccc(F)cc1)C(=O)NCc1cccnc1. The van der Waals surface area contributed by atoms with Gasteiger partial charge in [-0.3, -0.25) is 9.78 Å². The summed E-state index contributed by atoms with van der Waals surface area (Å²) in [7, 11) is 0. The summed E-state index contributed by atoms with van der Waals surface area (Å²) in [5.41, 5.74) is 0.912. The monoisotopic (exact) mass is 274 g/mol. The molecule has 0 bridgehead atoms. The van der Waals surface area contributed by atoms with E-state index in [-0.39, 0.29) is 11.7 Å². The predicted octanol–water partition coefficient (Wildman–Crippen LogP) is 2.30. The third kappa shape index (κ3) is 4.05. The van der Waals surface area contributed by atoms with Crippen LogP contribution in [0.15, 0.2) is 48.8 Å². The van der Waals surface area contributed by atoms with Crippen LogP contribution in [0.1, 0.15) is 12.5 Å². The summed E-state index contributed by atoms with van der Waals surface area (Å²) in [6.07, 6.45) is 2.70. The molecule has 2 rings (SSSR count). The molecule has 4 nitrogen and oxygen atoms in total. The molecule has 2 aromatic rings. The molecule has 0 saturated heterocycles. The Kier molecular flexibility index (Phi) is 4.65. The Morgan fingerprint density at radius 2 is 2.10 bits per heavy atom. The molecular weight excluding hydrogens is 259 g/mol. The van der Waals surface area contributed by atoms with E-state index < -0.39 is 6.10 Å². The third-order valence-corrected chi connectivity index (χ3v) is 2.69. The standard InChI is InChI=1S/C15H15FN2O2/c1-11(20-14-6-4-13(16)5-7-14)15(19)18-10-12-3-2-8-17-9-12/h2-9,11H,10H2,1H3,(H,18,19). The summed E-state index contributed by atoms with van der Waals surface area (Å²) >= 11 is 0. The van der Waals surface area contributed by atoms with E-state index in [0.29, 0.717) is 12.3 Å². The Labute approximate surface area is 116 Å². The summed E-state index contributed by atoms with van der Waals surface area (Å²) in [5.74, 6) is -0.125. The van der Waals surface area contributed by atoms with Gasteiger partial charge in [0.05, 0.1) is 0 Å². The van der Waals surface area contributed by atoms with Gasteiger partial charge in [-0.2, -0.15) is 0 Å². The van der Waals surface area contributed by atoms with E-state index in [1.54, 1.807) is 25.4 Å². The smallest absolute Gasteiger partial charge is 0.261 e. The van der Waals surface area contributed by atoms with Gasteiger partial charge in [-0.05, 0) is 42.8 Å². The molecule has 1 amide bonds. The van der Waals surface area contributed by atoms with Crippen molar-refractivity contribution >= 4 is 5.91 Å². The number of ether oxygens (including phenoxy) is 1. The Bertz CT molecular complexity index is 558. The van der Waals surface area contributed by atoms with Gasteiger partial charge in [-0.15, -0.1) is 0 Å². The van der Waals surface area contributed by atoms with Crippen molar-refractivity contribution in [3.05, 3.63) is 60.2 Å². The Morgan fingerprint density at radius 1 is 1.35 bits per heavy atom. The Morgan fingerprint density at radius 3 is 2.75 bits per heavy atom. The summed E-state index contributed by atoms with van der Waals surface area (Å²) in [6.45, 7) is 2.03. The van der Waals surface area contributed by atoms with Gasteiger partial charge in [-0.25, -0.2) is 4.39 Å². The summed E-state index contributed by atoms with van der Waals surface area (Å²) < 4.78 is 18.2. The molecule has 0 radical (unpaired) electrons. The maximum atomic E-state index is 12.8. The molecule has 1 aromatic carbocycles. The highest BCUT2D eigenvalue weighted by atomic mass is 19.1. The third-order valence-electron chi connectivity index (χ3n) is 2.69. The minimum Gasteiger partial charge on any atom is -0.481 e. The van der Waals surface area contributed by atoms with Crippen molar-refractivity contribution in [3.63, 3.8) is 0 Å². The van der Waals surface area contributed by atoms with E-state index in [9.17, 15) is 9.18 Å². The number of rotatable bonds is 5. The molecule has 1 unspecified atom stereocenters. The highest BCUT2D eigenvalue weighted by Crippen LogP contribution is 2.13. The number of nitrogens with zero attached hydrogens (tertiary/aromatic N) is 1. The first-order chi connectivity index (χ1) is 9.65. The number of carbonyl (C=O) groups excluding carboxylic acids is 1. The molecule has 1 heterocycles. The van der Waals surface area contributed by atoms with Crippen LogP contribution in [-0.4, -0.2) is 17.0 Å². The lowest BCUT2D eigenvalue weighted by Gasteiger charge is -2.14. The average Bonchev–Trinajstić information content (AvgIpc) is 2.48. The fourth-order valence-corrected chi connectivity index (χ4v) is 1.61. The predicted molar refractivity (Wildman–Crippen MR) is 72.6 cm³/mol. The van der Waals surface area contributed by atoms with Crippen LogP contribution in [0.5, 0.6) is 5.75 Å². The minimum atomic E-state index is -0.655.